The lowest BCUT2D eigenvalue weighted by Gasteiger charge is -2.08. The van der Waals surface area contributed by atoms with Crippen molar-refractivity contribution < 1.29 is 13.9 Å². The number of methoxy groups -OCH3 is 1. The fourth-order valence-corrected chi connectivity index (χ4v) is 1.12. The van der Waals surface area contributed by atoms with Gasteiger partial charge in [0.25, 0.3) is 0 Å². The van der Waals surface area contributed by atoms with E-state index >= 15 is 0 Å². The van der Waals surface area contributed by atoms with Gasteiger partial charge in [-0.2, -0.15) is 0 Å². The molecule has 1 aromatic rings. The van der Waals surface area contributed by atoms with Crippen LogP contribution < -0.4 is 5.32 Å². The predicted molar refractivity (Wildman–Crippen MR) is 54.3 cm³/mol. The van der Waals surface area contributed by atoms with Gasteiger partial charge in [0.15, 0.2) is 0 Å². The van der Waals surface area contributed by atoms with Gasteiger partial charge in [-0.05, 0) is 20.8 Å². The van der Waals surface area contributed by atoms with Crippen molar-refractivity contribution in [1.29, 1.82) is 0 Å². The number of nitrogens with zero attached hydrogens (tertiary/aromatic N) is 1. The van der Waals surface area contributed by atoms with Crippen molar-refractivity contribution >= 4 is 5.97 Å². The van der Waals surface area contributed by atoms with Crippen LogP contribution in [-0.4, -0.2) is 24.1 Å². The van der Waals surface area contributed by atoms with Crippen LogP contribution in [-0.2, 0) is 16.1 Å². The summed E-state index contributed by atoms with van der Waals surface area (Å²) in [7, 11) is 1.36. The van der Waals surface area contributed by atoms with Gasteiger partial charge in [-0.3, -0.25) is 10.1 Å². The summed E-state index contributed by atoms with van der Waals surface area (Å²) in [5.41, 5.74) is 0.873. The molecule has 5 nitrogen and oxygen atoms in total. The molecule has 0 aliphatic carbocycles. The van der Waals surface area contributed by atoms with Gasteiger partial charge in [-0.15, -0.1) is 0 Å². The zero-order chi connectivity index (χ0) is 11.4. The SMILES string of the molecule is COC(=O)C(C)NCc1nc(C)c(C)o1. The van der Waals surface area contributed by atoms with E-state index in [9.17, 15) is 4.79 Å². The standard InChI is InChI=1S/C10H16N2O3/c1-6-8(3)15-9(12-6)5-11-7(2)10(13)14-4/h7,11H,5H2,1-4H3. The van der Waals surface area contributed by atoms with Crippen molar-refractivity contribution in [2.24, 2.45) is 0 Å². The fourth-order valence-electron chi connectivity index (χ4n) is 1.12. The van der Waals surface area contributed by atoms with Crippen LogP contribution in [0.5, 0.6) is 0 Å². The Hall–Kier alpha value is -1.36. The molecule has 1 N–H and O–H groups in total. The Labute approximate surface area is 88.8 Å². The van der Waals surface area contributed by atoms with E-state index in [0.29, 0.717) is 12.4 Å². The Morgan fingerprint density at radius 1 is 1.60 bits per heavy atom. The highest BCUT2D eigenvalue weighted by molar-refractivity contribution is 5.74. The molecule has 15 heavy (non-hydrogen) atoms. The van der Waals surface area contributed by atoms with E-state index in [1.807, 2.05) is 13.8 Å². The van der Waals surface area contributed by atoms with Crippen LogP contribution in [0.1, 0.15) is 24.3 Å². The monoisotopic (exact) mass is 212 g/mol. The molecule has 5 heteroatoms. The number of nitrogens with one attached hydrogen (secondary N) is 1. The first-order valence-corrected chi connectivity index (χ1v) is 4.78. The van der Waals surface area contributed by atoms with Crippen LogP contribution in [0, 0.1) is 13.8 Å². The van der Waals surface area contributed by atoms with Crippen LogP contribution in [0.4, 0.5) is 0 Å². The number of hydrogen-bond acceptors (Lipinski definition) is 5. The molecule has 1 atom stereocenters. The number of aromatic nitrogens is 1. The third-order valence-corrected chi connectivity index (χ3v) is 2.19. The minimum absolute atomic E-state index is 0.296. The van der Waals surface area contributed by atoms with E-state index in [1.165, 1.54) is 7.11 Å². The second-order valence-corrected chi connectivity index (χ2v) is 3.37. The first-order valence-electron chi connectivity index (χ1n) is 4.78. The van der Waals surface area contributed by atoms with Gasteiger partial charge < -0.3 is 9.15 Å². The average molecular weight is 212 g/mol. The summed E-state index contributed by atoms with van der Waals surface area (Å²) < 4.78 is 9.93. The van der Waals surface area contributed by atoms with Crippen LogP contribution >= 0.6 is 0 Å². The van der Waals surface area contributed by atoms with Gasteiger partial charge in [-0.1, -0.05) is 0 Å². The van der Waals surface area contributed by atoms with Gasteiger partial charge in [0.2, 0.25) is 5.89 Å². The summed E-state index contributed by atoms with van der Waals surface area (Å²) in [6, 6.07) is -0.359. The van der Waals surface area contributed by atoms with E-state index in [-0.39, 0.29) is 12.0 Å². The Bertz CT molecular complexity index is 327. The molecule has 0 amide bonds. The second kappa shape index (κ2) is 4.93. The highest BCUT2D eigenvalue weighted by atomic mass is 16.5. The van der Waals surface area contributed by atoms with E-state index in [4.69, 9.17) is 4.42 Å². The normalized spacial score (nSPS) is 12.5. The Morgan fingerprint density at radius 2 is 2.27 bits per heavy atom. The van der Waals surface area contributed by atoms with Gasteiger partial charge in [0, 0.05) is 0 Å². The molecular weight excluding hydrogens is 196 g/mol. The Kier molecular flexibility index (Phi) is 3.85. The van der Waals surface area contributed by atoms with Gasteiger partial charge in [-0.25, -0.2) is 4.98 Å². The maximum Gasteiger partial charge on any atom is 0.322 e. The topological polar surface area (TPSA) is 64.4 Å². The number of carbonyl (C=O) groups is 1. The smallest absolute Gasteiger partial charge is 0.322 e. The molecule has 0 saturated carbocycles. The summed E-state index contributed by atoms with van der Waals surface area (Å²) in [5.74, 6) is 1.09. The molecular formula is C10H16N2O3. The van der Waals surface area contributed by atoms with Gasteiger partial charge in [0.05, 0.1) is 19.3 Å². The third kappa shape index (κ3) is 3.06. The quantitative estimate of drug-likeness (QED) is 0.752. The maximum absolute atomic E-state index is 11.1. The highest BCUT2D eigenvalue weighted by Crippen LogP contribution is 2.07. The summed E-state index contributed by atoms with van der Waals surface area (Å²) >= 11 is 0. The van der Waals surface area contributed by atoms with Crippen LogP contribution in [0.2, 0.25) is 0 Å². The van der Waals surface area contributed by atoms with Crippen molar-refractivity contribution in [3.05, 3.63) is 17.3 Å². The predicted octanol–water partition coefficient (Wildman–Crippen LogP) is 0.943. The molecule has 0 bridgehead atoms. The van der Waals surface area contributed by atoms with Crippen LogP contribution in [0.25, 0.3) is 0 Å². The summed E-state index contributed by atoms with van der Waals surface area (Å²) in [4.78, 5) is 15.3. The lowest BCUT2D eigenvalue weighted by Crippen LogP contribution is -2.34. The number of ether oxygens (including phenoxy) is 1. The summed E-state index contributed by atoms with van der Waals surface area (Å²) in [6.45, 7) is 5.89. The lowest BCUT2D eigenvalue weighted by molar-refractivity contribution is -0.142. The number of aryl methyl sites for hydroxylation is 2. The molecule has 0 aliphatic rings. The molecule has 0 fully saturated rings. The minimum Gasteiger partial charge on any atom is -0.468 e. The number of esters is 1. The first-order chi connectivity index (χ1) is 7.04. The average Bonchev–Trinajstić information content (AvgIpc) is 2.54. The zero-order valence-corrected chi connectivity index (χ0v) is 9.46. The number of rotatable bonds is 4. The first kappa shape index (κ1) is 11.7. The van der Waals surface area contributed by atoms with E-state index in [0.717, 1.165) is 11.5 Å². The summed E-state index contributed by atoms with van der Waals surface area (Å²) in [5, 5.41) is 2.96. The van der Waals surface area contributed by atoms with E-state index in [1.54, 1.807) is 6.92 Å². The fraction of sp³-hybridized carbons (Fsp3) is 0.600. The molecule has 0 aliphatic heterocycles. The van der Waals surface area contributed by atoms with Gasteiger partial charge >= 0.3 is 5.97 Å². The van der Waals surface area contributed by atoms with Crippen molar-refractivity contribution in [3.8, 4) is 0 Å². The lowest BCUT2D eigenvalue weighted by atomic mass is 10.3. The second-order valence-electron chi connectivity index (χ2n) is 3.37. The highest BCUT2D eigenvalue weighted by Gasteiger charge is 2.13. The number of oxazole rings is 1. The third-order valence-electron chi connectivity index (χ3n) is 2.19. The van der Waals surface area contributed by atoms with Crippen molar-refractivity contribution in [1.82, 2.24) is 10.3 Å². The van der Waals surface area contributed by atoms with Gasteiger partial charge in [0.1, 0.15) is 11.8 Å². The Morgan fingerprint density at radius 3 is 2.73 bits per heavy atom. The molecule has 1 heterocycles. The number of carbonyl (C=O) groups excluding carboxylic acids is 1. The molecule has 84 valence electrons. The van der Waals surface area contributed by atoms with E-state index in [2.05, 4.69) is 15.0 Å². The number of hydrogen-bond donors (Lipinski definition) is 1. The molecule has 1 rings (SSSR count). The zero-order valence-electron chi connectivity index (χ0n) is 9.46. The minimum atomic E-state index is -0.359. The molecule has 0 saturated heterocycles. The van der Waals surface area contributed by atoms with Crippen molar-refractivity contribution in [3.63, 3.8) is 0 Å². The molecule has 1 aromatic heterocycles. The molecule has 0 radical (unpaired) electrons. The molecule has 0 spiro atoms. The maximum atomic E-state index is 11.1. The largest absolute Gasteiger partial charge is 0.468 e. The molecule has 0 aromatic carbocycles. The molecule has 1 unspecified atom stereocenters. The Balaban J connectivity index is 2.47. The summed E-state index contributed by atoms with van der Waals surface area (Å²) in [6.07, 6.45) is 0. The van der Waals surface area contributed by atoms with Crippen LogP contribution in [0.15, 0.2) is 4.42 Å². The van der Waals surface area contributed by atoms with Crippen molar-refractivity contribution in [2.75, 3.05) is 7.11 Å². The van der Waals surface area contributed by atoms with E-state index < -0.39 is 0 Å². The van der Waals surface area contributed by atoms with Crippen molar-refractivity contribution in [2.45, 2.75) is 33.4 Å². The van der Waals surface area contributed by atoms with Crippen LogP contribution in [0.3, 0.4) is 0 Å².